The predicted octanol–water partition coefficient (Wildman–Crippen LogP) is 3.89. The molecule has 3 rings (SSSR count). The van der Waals surface area contributed by atoms with E-state index in [1.54, 1.807) is 0 Å². The third-order valence-electron chi connectivity index (χ3n) is 3.82. The molecule has 0 radical (unpaired) electrons. The first-order chi connectivity index (χ1) is 10.3. The van der Waals surface area contributed by atoms with Gasteiger partial charge >= 0.3 is 0 Å². The molecular weight excluding hydrogens is 258 g/mol. The Hall–Kier alpha value is -2.16. The van der Waals surface area contributed by atoms with Gasteiger partial charge < -0.3 is 10.8 Å². The van der Waals surface area contributed by atoms with Crippen LogP contribution in [0.15, 0.2) is 66.7 Å². The van der Waals surface area contributed by atoms with Crippen LogP contribution in [0.2, 0.25) is 0 Å². The minimum absolute atomic E-state index is 0.472. The van der Waals surface area contributed by atoms with E-state index in [0.717, 1.165) is 11.1 Å². The quantitative estimate of drug-likeness (QED) is 0.760. The highest BCUT2D eigenvalue weighted by atomic mass is 16.3. The Labute approximate surface area is 124 Å². The number of fused-ring (bicyclic) bond motifs is 1. The van der Waals surface area contributed by atoms with Gasteiger partial charge in [0.1, 0.15) is 0 Å². The molecule has 3 N–H and O–H groups in total. The van der Waals surface area contributed by atoms with Crippen LogP contribution in [-0.2, 0) is 0 Å². The number of aliphatic hydroxyl groups excluding tert-OH is 1. The molecule has 0 aliphatic carbocycles. The standard InChI is InChI=1S/C19H19NO/c20-12-11-19(21)16-8-5-15(6-9-16)18-10-7-14-3-1-2-4-17(14)13-18/h1-10,13,19,21H,11-12,20H2. The number of aliphatic hydroxyl groups is 1. The SMILES string of the molecule is NCCC(O)c1ccc(-c2ccc3ccccc3c2)cc1. The number of hydrogen-bond acceptors (Lipinski definition) is 2. The maximum atomic E-state index is 9.94. The zero-order valence-corrected chi connectivity index (χ0v) is 11.9. The molecule has 2 heteroatoms. The number of nitrogens with two attached hydrogens (primary N) is 1. The van der Waals surface area contributed by atoms with E-state index < -0.39 is 6.10 Å². The van der Waals surface area contributed by atoms with Gasteiger partial charge in [-0.1, -0.05) is 60.7 Å². The van der Waals surface area contributed by atoms with Crippen molar-refractivity contribution < 1.29 is 5.11 Å². The zero-order valence-electron chi connectivity index (χ0n) is 11.9. The molecule has 0 saturated heterocycles. The summed E-state index contributed by atoms with van der Waals surface area (Å²) in [6.45, 7) is 0.494. The van der Waals surface area contributed by atoms with E-state index in [1.165, 1.54) is 16.3 Å². The topological polar surface area (TPSA) is 46.2 Å². The van der Waals surface area contributed by atoms with Crippen molar-refractivity contribution in [2.24, 2.45) is 5.73 Å². The molecule has 106 valence electrons. The number of rotatable bonds is 4. The lowest BCUT2D eigenvalue weighted by molar-refractivity contribution is 0.170. The van der Waals surface area contributed by atoms with Crippen molar-refractivity contribution in [2.45, 2.75) is 12.5 Å². The smallest absolute Gasteiger partial charge is 0.0802 e. The lowest BCUT2D eigenvalue weighted by Gasteiger charge is -2.10. The molecule has 21 heavy (non-hydrogen) atoms. The lowest BCUT2D eigenvalue weighted by atomic mass is 9.98. The minimum Gasteiger partial charge on any atom is -0.388 e. The van der Waals surface area contributed by atoms with Crippen LogP contribution < -0.4 is 5.73 Å². The Morgan fingerprint density at radius 2 is 1.48 bits per heavy atom. The second-order valence-electron chi connectivity index (χ2n) is 5.28. The van der Waals surface area contributed by atoms with E-state index in [9.17, 15) is 5.11 Å². The van der Waals surface area contributed by atoms with E-state index in [2.05, 4.69) is 54.6 Å². The van der Waals surface area contributed by atoms with Crippen LogP contribution in [-0.4, -0.2) is 11.7 Å². The van der Waals surface area contributed by atoms with Crippen molar-refractivity contribution in [1.82, 2.24) is 0 Å². The molecule has 2 nitrogen and oxygen atoms in total. The third-order valence-corrected chi connectivity index (χ3v) is 3.82. The zero-order chi connectivity index (χ0) is 14.7. The first-order valence-electron chi connectivity index (χ1n) is 7.25. The molecule has 1 atom stereocenters. The Bertz CT molecular complexity index is 734. The van der Waals surface area contributed by atoms with Gasteiger partial charge in [0.15, 0.2) is 0 Å². The Kier molecular flexibility index (Phi) is 4.00. The van der Waals surface area contributed by atoms with Crippen LogP contribution in [0.1, 0.15) is 18.1 Å². The molecule has 3 aromatic rings. The number of hydrogen-bond donors (Lipinski definition) is 2. The van der Waals surface area contributed by atoms with E-state index in [-0.39, 0.29) is 0 Å². The highest BCUT2D eigenvalue weighted by molar-refractivity contribution is 5.87. The van der Waals surface area contributed by atoms with Crippen molar-refractivity contribution in [3.8, 4) is 11.1 Å². The average Bonchev–Trinajstić information content (AvgIpc) is 2.55. The number of benzene rings is 3. The normalized spacial score (nSPS) is 12.5. The van der Waals surface area contributed by atoms with Gasteiger partial charge in [-0.05, 0) is 46.5 Å². The summed E-state index contributed by atoms with van der Waals surface area (Å²) in [5, 5.41) is 12.4. The largest absolute Gasteiger partial charge is 0.388 e. The van der Waals surface area contributed by atoms with Crippen molar-refractivity contribution in [1.29, 1.82) is 0 Å². The van der Waals surface area contributed by atoms with Crippen molar-refractivity contribution in [3.05, 3.63) is 72.3 Å². The summed E-state index contributed by atoms with van der Waals surface area (Å²) in [6, 6.07) is 22.9. The second-order valence-corrected chi connectivity index (χ2v) is 5.28. The van der Waals surface area contributed by atoms with Crippen molar-refractivity contribution in [3.63, 3.8) is 0 Å². The highest BCUT2D eigenvalue weighted by Gasteiger charge is 2.06. The Balaban J connectivity index is 1.91. The molecule has 0 heterocycles. The van der Waals surface area contributed by atoms with Crippen LogP contribution in [0, 0.1) is 0 Å². The summed E-state index contributed by atoms with van der Waals surface area (Å²) in [6.07, 6.45) is 0.121. The molecule has 3 aromatic carbocycles. The van der Waals surface area contributed by atoms with E-state index in [0.29, 0.717) is 13.0 Å². The van der Waals surface area contributed by atoms with Gasteiger partial charge in [0, 0.05) is 0 Å². The molecular formula is C19H19NO. The summed E-state index contributed by atoms with van der Waals surface area (Å²) in [4.78, 5) is 0. The lowest BCUT2D eigenvalue weighted by Crippen LogP contribution is -2.06. The fourth-order valence-electron chi connectivity index (χ4n) is 2.59. The van der Waals surface area contributed by atoms with Gasteiger partial charge in [-0.15, -0.1) is 0 Å². The second kappa shape index (κ2) is 6.08. The van der Waals surface area contributed by atoms with Gasteiger partial charge in [-0.3, -0.25) is 0 Å². The van der Waals surface area contributed by atoms with Crippen LogP contribution >= 0.6 is 0 Å². The van der Waals surface area contributed by atoms with Crippen LogP contribution in [0.5, 0.6) is 0 Å². The predicted molar refractivity (Wildman–Crippen MR) is 88.0 cm³/mol. The average molecular weight is 277 g/mol. The molecule has 0 aromatic heterocycles. The summed E-state index contributed by atoms with van der Waals surface area (Å²) in [5.41, 5.74) is 8.75. The molecule has 0 saturated carbocycles. The van der Waals surface area contributed by atoms with Gasteiger partial charge in [-0.2, -0.15) is 0 Å². The fourth-order valence-corrected chi connectivity index (χ4v) is 2.59. The molecule has 0 aliphatic heterocycles. The van der Waals surface area contributed by atoms with Crippen molar-refractivity contribution in [2.75, 3.05) is 6.54 Å². The highest BCUT2D eigenvalue weighted by Crippen LogP contribution is 2.26. The third kappa shape index (κ3) is 2.97. The summed E-state index contributed by atoms with van der Waals surface area (Å²) in [5.74, 6) is 0. The molecule has 0 fully saturated rings. The Morgan fingerprint density at radius 3 is 2.19 bits per heavy atom. The summed E-state index contributed by atoms with van der Waals surface area (Å²) < 4.78 is 0. The molecule has 1 unspecified atom stereocenters. The van der Waals surface area contributed by atoms with Gasteiger partial charge in [0.25, 0.3) is 0 Å². The van der Waals surface area contributed by atoms with E-state index in [1.807, 2.05) is 12.1 Å². The molecule has 0 aliphatic rings. The van der Waals surface area contributed by atoms with Crippen molar-refractivity contribution >= 4 is 10.8 Å². The van der Waals surface area contributed by atoms with E-state index >= 15 is 0 Å². The minimum atomic E-state index is -0.472. The van der Waals surface area contributed by atoms with Gasteiger partial charge in [-0.25, -0.2) is 0 Å². The summed E-state index contributed by atoms with van der Waals surface area (Å²) in [7, 11) is 0. The van der Waals surface area contributed by atoms with Crippen LogP contribution in [0.25, 0.3) is 21.9 Å². The maximum Gasteiger partial charge on any atom is 0.0802 e. The Morgan fingerprint density at radius 1 is 0.810 bits per heavy atom. The maximum absolute atomic E-state index is 9.94. The van der Waals surface area contributed by atoms with E-state index in [4.69, 9.17) is 5.73 Å². The van der Waals surface area contributed by atoms with Gasteiger partial charge in [0.2, 0.25) is 0 Å². The molecule has 0 amide bonds. The summed E-state index contributed by atoms with van der Waals surface area (Å²) >= 11 is 0. The first kappa shape index (κ1) is 13.8. The van der Waals surface area contributed by atoms with Crippen LogP contribution in [0.4, 0.5) is 0 Å². The van der Waals surface area contributed by atoms with Gasteiger partial charge in [0.05, 0.1) is 6.10 Å². The monoisotopic (exact) mass is 277 g/mol. The molecule has 0 bridgehead atoms. The van der Waals surface area contributed by atoms with Crippen LogP contribution in [0.3, 0.4) is 0 Å². The fraction of sp³-hybridized carbons (Fsp3) is 0.158. The molecule has 0 spiro atoms. The first-order valence-corrected chi connectivity index (χ1v) is 7.25.